The summed E-state index contributed by atoms with van der Waals surface area (Å²) >= 11 is 3.12. The lowest BCUT2D eigenvalue weighted by Crippen LogP contribution is -2.25. The van der Waals surface area contributed by atoms with Crippen LogP contribution in [0.3, 0.4) is 0 Å². The molecule has 1 aliphatic carbocycles. The number of nitrogens with zero attached hydrogens (tertiary/aromatic N) is 2. The molecule has 0 aliphatic heterocycles. The number of nitrogens with one attached hydrogen (secondary N) is 1. The Morgan fingerprint density at radius 2 is 2.04 bits per heavy atom. The number of benzene rings is 1. The monoisotopic (exact) mass is 377 g/mol. The fraction of sp³-hybridized carbons (Fsp3) is 0.0667. The first kappa shape index (κ1) is 15.3. The topological polar surface area (TPSA) is 81.2 Å². The number of aromatic nitrogens is 2. The third-order valence-corrected chi connectivity index (χ3v) is 3.99. The van der Waals surface area contributed by atoms with E-state index in [1.807, 2.05) is 0 Å². The predicted molar refractivity (Wildman–Crippen MR) is 83.2 cm³/mol. The number of halogens is 2. The summed E-state index contributed by atoms with van der Waals surface area (Å²) in [5.41, 5.74) is 0.582. The molecule has 2 aromatic rings. The Hall–Kier alpha value is -2.61. The van der Waals surface area contributed by atoms with Gasteiger partial charge in [0.1, 0.15) is 17.7 Å². The van der Waals surface area contributed by atoms with Gasteiger partial charge in [-0.05, 0) is 28.1 Å². The smallest absolute Gasteiger partial charge is 0.221 e. The molecule has 0 spiro atoms. The minimum absolute atomic E-state index is 0.0186. The number of rotatable bonds is 3. The lowest BCUT2D eigenvalue weighted by atomic mass is 9.98. The molecule has 1 heterocycles. The van der Waals surface area contributed by atoms with Crippen molar-refractivity contribution in [2.24, 2.45) is 0 Å². The van der Waals surface area contributed by atoms with Gasteiger partial charge in [-0.1, -0.05) is 0 Å². The summed E-state index contributed by atoms with van der Waals surface area (Å²) in [6.07, 6.45) is 2.49. The molecule has 8 heteroatoms. The second-order valence-corrected chi connectivity index (χ2v) is 5.40. The van der Waals surface area contributed by atoms with Gasteiger partial charge in [0, 0.05) is 18.0 Å². The number of anilines is 1. The van der Waals surface area contributed by atoms with E-state index in [2.05, 4.69) is 31.2 Å². The molecule has 0 bridgehead atoms. The van der Waals surface area contributed by atoms with E-state index in [1.165, 1.54) is 37.8 Å². The Bertz CT molecular complexity index is 867. The second kappa shape index (κ2) is 5.88. The molecule has 0 atom stereocenters. The summed E-state index contributed by atoms with van der Waals surface area (Å²) in [5.74, 6) is -1.38. The van der Waals surface area contributed by atoms with Crippen LogP contribution in [0.4, 0.5) is 10.1 Å². The van der Waals surface area contributed by atoms with Crippen molar-refractivity contribution in [3.8, 4) is 5.75 Å². The summed E-state index contributed by atoms with van der Waals surface area (Å²) < 4.78 is 18.4. The van der Waals surface area contributed by atoms with Gasteiger partial charge in [-0.2, -0.15) is 0 Å². The first-order valence-corrected chi connectivity index (χ1v) is 7.22. The van der Waals surface area contributed by atoms with Crippen LogP contribution in [0.15, 0.2) is 40.9 Å². The Morgan fingerprint density at radius 3 is 2.78 bits per heavy atom. The molecule has 1 aliphatic rings. The fourth-order valence-corrected chi connectivity index (χ4v) is 2.59. The van der Waals surface area contributed by atoms with Crippen molar-refractivity contribution in [1.82, 2.24) is 9.97 Å². The van der Waals surface area contributed by atoms with Crippen LogP contribution < -0.4 is 10.1 Å². The molecular formula is C15H9BrFN3O3. The average molecular weight is 378 g/mol. The Kier molecular flexibility index (Phi) is 3.91. The number of ether oxygens (including phenoxy) is 1. The van der Waals surface area contributed by atoms with Gasteiger partial charge in [0.25, 0.3) is 0 Å². The summed E-state index contributed by atoms with van der Waals surface area (Å²) in [6.45, 7) is 0. The molecule has 0 saturated heterocycles. The molecule has 1 aromatic carbocycles. The van der Waals surface area contributed by atoms with Crippen molar-refractivity contribution in [1.29, 1.82) is 0 Å². The molecule has 0 fully saturated rings. The average Bonchev–Trinajstić information content (AvgIpc) is 2.58. The van der Waals surface area contributed by atoms with Gasteiger partial charge < -0.3 is 10.1 Å². The van der Waals surface area contributed by atoms with E-state index in [0.29, 0.717) is 5.69 Å². The van der Waals surface area contributed by atoms with Crippen molar-refractivity contribution in [2.45, 2.75) is 0 Å². The third-order valence-electron chi connectivity index (χ3n) is 3.24. The van der Waals surface area contributed by atoms with E-state index >= 15 is 0 Å². The molecule has 23 heavy (non-hydrogen) atoms. The van der Waals surface area contributed by atoms with Gasteiger partial charge in [0.2, 0.25) is 11.6 Å². The lowest BCUT2D eigenvalue weighted by Gasteiger charge is -2.18. The van der Waals surface area contributed by atoms with Gasteiger partial charge in [0.15, 0.2) is 11.6 Å². The summed E-state index contributed by atoms with van der Waals surface area (Å²) in [5, 5.41) is 2.81. The fourth-order valence-electron chi connectivity index (χ4n) is 2.12. The number of carbonyl (C=O) groups is 2. The van der Waals surface area contributed by atoms with Crippen LogP contribution >= 0.6 is 15.9 Å². The highest BCUT2D eigenvalue weighted by Crippen LogP contribution is 2.30. The molecule has 0 saturated carbocycles. The zero-order valence-corrected chi connectivity index (χ0v) is 13.3. The van der Waals surface area contributed by atoms with Gasteiger partial charge in [-0.25, -0.2) is 14.4 Å². The number of ketones is 2. The van der Waals surface area contributed by atoms with Crippen LogP contribution in [0.2, 0.25) is 0 Å². The van der Waals surface area contributed by atoms with E-state index < -0.39 is 17.4 Å². The normalized spacial score (nSPS) is 13.9. The van der Waals surface area contributed by atoms with Crippen molar-refractivity contribution in [2.75, 3.05) is 12.4 Å². The Labute approximate surface area is 138 Å². The van der Waals surface area contributed by atoms with Gasteiger partial charge >= 0.3 is 0 Å². The second-order valence-electron chi connectivity index (χ2n) is 4.61. The predicted octanol–water partition coefficient (Wildman–Crippen LogP) is 2.72. The van der Waals surface area contributed by atoms with Crippen LogP contribution in [0.25, 0.3) is 0 Å². The van der Waals surface area contributed by atoms with Crippen molar-refractivity contribution in [3.05, 3.63) is 58.0 Å². The van der Waals surface area contributed by atoms with E-state index in [4.69, 9.17) is 4.74 Å². The Morgan fingerprint density at radius 1 is 1.26 bits per heavy atom. The summed E-state index contributed by atoms with van der Waals surface area (Å²) in [6, 6.07) is 4.01. The van der Waals surface area contributed by atoms with E-state index in [9.17, 15) is 14.0 Å². The van der Waals surface area contributed by atoms with Crippen molar-refractivity contribution >= 4 is 33.2 Å². The summed E-state index contributed by atoms with van der Waals surface area (Å²) in [4.78, 5) is 32.4. The maximum Gasteiger partial charge on any atom is 0.221 e. The molecule has 0 unspecified atom stereocenters. The molecule has 1 aromatic heterocycles. The first-order valence-electron chi connectivity index (χ1n) is 6.42. The number of methoxy groups -OCH3 is 1. The first-order chi connectivity index (χ1) is 11.0. The van der Waals surface area contributed by atoms with Crippen molar-refractivity contribution < 1.29 is 18.7 Å². The zero-order chi connectivity index (χ0) is 16.6. The van der Waals surface area contributed by atoms with E-state index in [-0.39, 0.29) is 27.2 Å². The maximum atomic E-state index is 13.4. The quantitative estimate of drug-likeness (QED) is 0.885. The zero-order valence-electron chi connectivity index (χ0n) is 11.8. The summed E-state index contributed by atoms with van der Waals surface area (Å²) in [7, 11) is 1.33. The molecule has 3 rings (SSSR count). The van der Waals surface area contributed by atoms with Crippen molar-refractivity contribution in [3.63, 3.8) is 0 Å². The number of Topliss-reactive ketones (excluding diaryl/α,β-unsaturated/α-hetero) is 2. The van der Waals surface area contributed by atoms with Crippen LogP contribution in [0.1, 0.15) is 20.8 Å². The largest absolute Gasteiger partial charge is 0.494 e. The van der Waals surface area contributed by atoms with Crippen LogP contribution in [-0.2, 0) is 0 Å². The molecule has 6 nitrogen and oxygen atoms in total. The lowest BCUT2D eigenvalue weighted by molar-refractivity contribution is 0.0979. The third kappa shape index (κ3) is 2.61. The molecule has 1 N–H and O–H groups in total. The number of carbonyl (C=O) groups excluding carboxylic acids is 2. The number of fused-ring (bicyclic) bond motifs is 1. The van der Waals surface area contributed by atoms with Gasteiger partial charge in [0.05, 0.1) is 17.2 Å². The molecule has 0 amide bonds. The van der Waals surface area contributed by atoms with Gasteiger partial charge in [-0.3, -0.25) is 9.59 Å². The number of allylic oxidation sites excluding steroid dienone is 2. The maximum absolute atomic E-state index is 13.4. The minimum atomic E-state index is -0.532. The highest BCUT2D eigenvalue weighted by molar-refractivity contribution is 9.12. The molecule has 116 valence electrons. The van der Waals surface area contributed by atoms with Crippen LogP contribution in [0.5, 0.6) is 5.75 Å². The SMILES string of the molecule is COc1cc(NC2=C(Br)C(=O)c3ncncc3C2=O)ccc1F. The number of hydrogen-bond donors (Lipinski definition) is 1. The highest BCUT2D eigenvalue weighted by Gasteiger charge is 2.32. The highest BCUT2D eigenvalue weighted by atomic mass is 79.9. The van der Waals surface area contributed by atoms with Crippen LogP contribution in [-0.4, -0.2) is 28.6 Å². The standard InChI is InChI=1S/C15H9BrFN3O3/c1-23-10-4-7(2-3-9(10)17)20-13-11(16)15(22)12-8(14(13)21)5-18-6-19-12/h2-6,20H,1H3. The van der Waals surface area contributed by atoms with E-state index in [1.54, 1.807) is 0 Å². The minimum Gasteiger partial charge on any atom is -0.494 e. The van der Waals surface area contributed by atoms with Crippen LogP contribution in [0, 0.1) is 5.82 Å². The molecular weight excluding hydrogens is 369 g/mol. The van der Waals surface area contributed by atoms with Gasteiger partial charge in [-0.15, -0.1) is 0 Å². The van der Waals surface area contributed by atoms with E-state index in [0.717, 1.165) is 0 Å². The Balaban J connectivity index is 2.02. The molecule has 0 radical (unpaired) electrons. The number of hydrogen-bond acceptors (Lipinski definition) is 6.